The van der Waals surface area contributed by atoms with Crippen molar-refractivity contribution in [3.05, 3.63) is 23.9 Å². The van der Waals surface area contributed by atoms with Gasteiger partial charge in [0.1, 0.15) is 11.6 Å². The second kappa shape index (κ2) is 5.34. The van der Waals surface area contributed by atoms with Crippen molar-refractivity contribution in [2.75, 3.05) is 19.5 Å². The zero-order valence-corrected chi connectivity index (χ0v) is 8.19. The molecule has 2 N–H and O–H groups in total. The molecule has 76 valence electrons. The smallest absolute Gasteiger partial charge is 0.139 e. The zero-order valence-electron chi connectivity index (χ0n) is 8.19. The van der Waals surface area contributed by atoms with Crippen LogP contribution in [0.25, 0.3) is 0 Å². The lowest BCUT2D eigenvalue weighted by Crippen LogP contribution is -2.06. The van der Waals surface area contributed by atoms with Gasteiger partial charge in [0.05, 0.1) is 6.61 Å². The van der Waals surface area contributed by atoms with Crippen LogP contribution >= 0.6 is 0 Å². The second-order valence-corrected chi connectivity index (χ2v) is 3.05. The number of nitrogens with zero attached hydrogens (tertiary/aromatic N) is 1. The summed E-state index contributed by atoms with van der Waals surface area (Å²) in [6.45, 7) is 0.472. The van der Waals surface area contributed by atoms with E-state index >= 15 is 0 Å². The number of ether oxygens (including phenoxy) is 1. The molecule has 0 bridgehead atoms. The van der Waals surface area contributed by atoms with Crippen molar-refractivity contribution < 1.29 is 9.53 Å². The first-order valence-electron chi connectivity index (χ1n) is 4.43. The lowest BCUT2D eigenvalue weighted by atomic mass is 10.1. The highest BCUT2D eigenvalue weighted by Crippen LogP contribution is 2.05. The van der Waals surface area contributed by atoms with Gasteiger partial charge in [-0.3, -0.25) is 4.79 Å². The van der Waals surface area contributed by atoms with Crippen LogP contribution in [0.3, 0.4) is 0 Å². The highest BCUT2D eigenvalue weighted by molar-refractivity contribution is 5.81. The Hall–Kier alpha value is -1.42. The number of carbonyl (C=O) groups excluding carboxylic acids is 1. The maximum absolute atomic E-state index is 11.3. The molecule has 1 aromatic rings. The van der Waals surface area contributed by atoms with Gasteiger partial charge in [-0.25, -0.2) is 4.98 Å². The molecule has 0 saturated carbocycles. The maximum Gasteiger partial charge on any atom is 0.139 e. The molecule has 0 spiro atoms. The maximum atomic E-state index is 11.3. The summed E-state index contributed by atoms with van der Waals surface area (Å²) in [4.78, 5) is 15.2. The van der Waals surface area contributed by atoms with Gasteiger partial charge in [0.25, 0.3) is 0 Å². The van der Waals surface area contributed by atoms with Crippen LogP contribution in [0, 0.1) is 0 Å². The summed E-state index contributed by atoms with van der Waals surface area (Å²) in [5.74, 6) is 0.597. The lowest BCUT2D eigenvalue weighted by Gasteiger charge is -2.01. The van der Waals surface area contributed by atoms with E-state index in [4.69, 9.17) is 10.5 Å². The number of methoxy groups -OCH3 is 1. The molecule has 4 heteroatoms. The Labute approximate surface area is 83.1 Å². The van der Waals surface area contributed by atoms with E-state index in [9.17, 15) is 4.79 Å². The van der Waals surface area contributed by atoms with E-state index in [1.165, 1.54) is 0 Å². The zero-order chi connectivity index (χ0) is 10.4. The van der Waals surface area contributed by atoms with Crippen molar-refractivity contribution in [2.24, 2.45) is 0 Å². The molecule has 0 aliphatic rings. The minimum atomic E-state index is 0.150. The van der Waals surface area contributed by atoms with Crippen LogP contribution in [0.5, 0.6) is 0 Å². The van der Waals surface area contributed by atoms with E-state index in [1.54, 1.807) is 25.4 Å². The lowest BCUT2D eigenvalue weighted by molar-refractivity contribution is -0.119. The predicted molar refractivity (Wildman–Crippen MR) is 53.9 cm³/mol. The molecular weight excluding hydrogens is 180 g/mol. The third kappa shape index (κ3) is 3.53. The number of rotatable bonds is 5. The van der Waals surface area contributed by atoms with Crippen LogP contribution in [0.1, 0.15) is 12.0 Å². The fourth-order valence-corrected chi connectivity index (χ4v) is 1.14. The molecule has 0 aliphatic carbocycles. The SMILES string of the molecule is COCCC(=O)Cc1ccnc(N)c1. The Morgan fingerprint density at radius 2 is 2.43 bits per heavy atom. The molecule has 0 fully saturated rings. The summed E-state index contributed by atoms with van der Waals surface area (Å²) in [6, 6.07) is 3.51. The molecular formula is C10H14N2O2. The highest BCUT2D eigenvalue weighted by atomic mass is 16.5. The first kappa shape index (κ1) is 10.7. The van der Waals surface area contributed by atoms with Crippen molar-refractivity contribution >= 4 is 11.6 Å². The molecule has 4 nitrogen and oxygen atoms in total. The van der Waals surface area contributed by atoms with Gasteiger partial charge in [-0.05, 0) is 17.7 Å². The predicted octanol–water partition coefficient (Wildman–Crippen LogP) is 0.812. The molecule has 0 saturated heterocycles. The van der Waals surface area contributed by atoms with E-state index in [1.807, 2.05) is 0 Å². The normalized spacial score (nSPS) is 10.1. The Morgan fingerprint density at radius 1 is 1.64 bits per heavy atom. The molecule has 0 radical (unpaired) electrons. The number of ketones is 1. The van der Waals surface area contributed by atoms with Crippen molar-refractivity contribution in [1.29, 1.82) is 0 Å². The van der Waals surface area contributed by atoms with Crippen molar-refractivity contribution in [3.63, 3.8) is 0 Å². The van der Waals surface area contributed by atoms with Gasteiger partial charge >= 0.3 is 0 Å². The first-order chi connectivity index (χ1) is 6.72. The average Bonchev–Trinajstić information content (AvgIpc) is 2.15. The van der Waals surface area contributed by atoms with Crippen molar-refractivity contribution in [3.8, 4) is 0 Å². The van der Waals surface area contributed by atoms with Crippen LogP contribution in [-0.4, -0.2) is 24.5 Å². The Bertz CT molecular complexity index is 313. The van der Waals surface area contributed by atoms with Gasteiger partial charge in [0, 0.05) is 26.1 Å². The van der Waals surface area contributed by atoms with Crippen LogP contribution in [-0.2, 0) is 16.0 Å². The monoisotopic (exact) mass is 194 g/mol. The fourth-order valence-electron chi connectivity index (χ4n) is 1.14. The van der Waals surface area contributed by atoms with Crippen molar-refractivity contribution in [1.82, 2.24) is 4.98 Å². The van der Waals surface area contributed by atoms with Gasteiger partial charge in [0.15, 0.2) is 0 Å². The number of nitrogens with two attached hydrogens (primary N) is 1. The Balaban J connectivity index is 2.47. The third-order valence-corrected chi connectivity index (χ3v) is 1.83. The van der Waals surface area contributed by atoms with Gasteiger partial charge in [-0.2, -0.15) is 0 Å². The van der Waals surface area contributed by atoms with Gasteiger partial charge < -0.3 is 10.5 Å². The van der Waals surface area contributed by atoms with Crippen molar-refractivity contribution in [2.45, 2.75) is 12.8 Å². The number of anilines is 1. The molecule has 0 amide bonds. The van der Waals surface area contributed by atoms with Gasteiger partial charge in [0.2, 0.25) is 0 Å². The molecule has 0 unspecified atom stereocenters. The summed E-state index contributed by atoms with van der Waals surface area (Å²) in [7, 11) is 1.58. The molecule has 1 heterocycles. The minimum absolute atomic E-state index is 0.150. The van der Waals surface area contributed by atoms with Crippen LogP contribution in [0.2, 0.25) is 0 Å². The number of Topliss-reactive ketones (excluding diaryl/α,β-unsaturated/α-hetero) is 1. The Morgan fingerprint density at radius 3 is 3.07 bits per heavy atom. The average molecular weight is 194 g/mol. The van der Waals surface area contributed by atoms with Crippen LogP contribution in [0.4, 0.5) is 5.82 Å². The fraction of sp³-hybridized carbons (Fsp3) is 0.400. The Kier molecular flexibility index (Phi) is 4.07. The summed E-state index contributed by atoms with van der Waals surface area (Å²) in [5.41, 5.74) is 6.39. The molecule has 1 rings (SSSR count). The van der Waals surface area contributed by atoms with E-state index < -0.39 is 0 Å². The van der Waals surface area contributed by atoms with E-state index in [-0.39, 0.29) is 5.78 Å². The number of aromatic nitrogens is 1. The topological polar surface area (TPSA) is 65.2 Å². The molecule has 0 aromatic carbocycles. The third-order valence-electron chi connectivity index (χ3n) is 1.83. The number of carbonyl (C=O) groups is 1. The number of hydrogen-bond donors (Lipinski definition) is 1. The van der Waals surface area contributed by atoms with E-state index in [0.717, 1.165) is 5.56 Å². The quantitative estimate of drug-likeness (QED) is 0.753. The van der Waals surface area contributed by atoms with Crippen LogP contribution < -0.4 is 5.73 Å². The second-order valence-electron chi connectivity index (χ2n) is 3.05. The molecule has 1 aromatic heterocycles. The molecule has 0 aliphatic heterocycles. The summed E-state index contributed by atoms with van der Waals surface area (Å²) in [5, 5.41) is 0. The summed E-state index contributed by atoms with van der Waals surface area (Å²) < 4.78 is 4.82. The van der Waals surface area contributed by atoms with Gasteiger partial charge in [-0.1, -0.05) is 0 Å². The van der Waals surface area contributed by atoms with E-state index in [0.29, 0.717) is 25.3 Å². The first-order valence-corrected chi connectivity index (χ1v) is 4.43. The standard InChI is InChI=1S/C10H14N2O2/c1-14-5-3-9(13)6-8-2-4-12-10(11)7-8/h2,4,7H,3,5-6H2,1H3,(H2,11,12). The minimum Gasteiger partial charge on any atom is -0.384 e. The van der Waals surface area contributed by atoms with E-state index in [2.05, 4.69) is 4.98 Å². The number of pyridine rings is 1. The highest BCUT2D eigenvalue weighted by Gasteiger charge is 2.03. The van der Waals surface area contributed by atoms with Gasteiger partial charge in [-0.15, -0.1) is 0 Å². The molecule has 14 heavy (non-hydrogen) atoms. The molecule has 0 atom stereocenters. The number of nitrogen functional groups attached to an aromatic ring is 1. The number of hydrogen-bond acceptors (Lipinski definition) is 4. The largest absolute Gasteiger partial charge is 0.384 e. The van der Waals surface area contributed by atoms with Crippen LogP contribution in [0.15, 0.2) is 18.3 Å². The summed E-state index contributed by atoms with van der Waals surface area (Å²) in [6.07, 6.45) is 2.45. The summed E-state index contributed by atoms with van der Waals surface area (Å²) >= 11 is 0.